The lowest BCUT2D eigenvalue weighted by molar-refractivity contribution is -0.136. The average Bonchev–Trinajstić information content (AvgIpc) is 2.45. The molecular formula is C18H23NO4. The summed E-state index contributed by atoms with van der Waals surface area (Å²) in [6, 6.07) is 7.46. The molecule has 0 saturated heterocycles. The molecule has 0 atom stereocenters. The second-order valence-corrected chi connectivity index (χ2v) is 6.70. The van der Waals surface area contributed by atoms with Gasteiger partial charge in [0.1, 0.15) is 5.60 Å². The van der Waals surface area contributed by atoms with Gasteiger partial charge in [0.15, 0.2) is 0 Å². The zero-order valence-corrected chi connectivity index (χ0v) is 13.8. The maximum atomic E-state index is 12.2. The van der Waals surface area contributed by atoms with E-state index in [4.69, 9.17) is 9.84 Å². The third-order valence-corrected chi connectivity index (χ3v) is 3.44. The lowest BCUT2D eigenvalue weighted by Gasteiger charge is -2.28. The van der Waals surface area contributed by atoms with Gasteiger partial charge < -0.3 is 9.84 Å². The monoisotopic (exact) mass is 317 g/mol. The van der Waals surface area contributed by atoms with Crippen LogP contribution in [-0.4, -0.2) is 34.2 Å². The molecule has 23 heavy (non-hydrogen) atoms. The van der Waals surface area contributed by atoms with E-state index in [0.717, 1.165) is 29.5 Å². The van der Waals surface area contributed by atoms with Crippen LogP contribution in [0.3, 0.4) is 0 Å². The molecule has 1 amide bonds. The topological polar surface area (TPSA) is 66.8 Å². The number of allylic oxidation sites excluding steroid dienone is 1. The zero-order chi connectivity index (χ0) is 17.0. The predicted octanol–water partition coefficient (Wildman–Crippen LogP) is 3.69. The highest BCUT2D eigenvalue weighted by Crippen LogP contribution is 2.26. The molecule has 0 aliphatic carbocycles. The fourth-order valence-corrected chi connectivity index (χ4v) is 2.50. The minimum absolute atomic E-state index is 0.00308. The van der Waals surface area contributed by atoms with Gasteiger partial charge in [-0.3, -0.25) is 9.69 Å². The number of aliphatic carboxylic acids is 1. The Hall–Kier alpha value is -2.30. The van der Waals surface area contributed by atoms with Crippen molar-refractivity contribution in [2.45, 2.75) is 45.6 Å². The van der Waals surface area contributed by atoms with E-state index in [1.807, 2.05) is 45.2 Å². The third kappa shape index (κ3) is 5.13. The van der Waals surface area contributed by atoms with Gasteiger partial charge in [0.25, 0.3) is 0 Å². The molecule has 1 aliphatic rings. The number of hydrogen-bond acceptors (Lipinski definition) is 3. The molecule has 0 spiro atoms. The zero-order valence-electron chi connectivity index (χ0n) is 13.8. The molecule has 1 aromatic carbocycles. The largest absolute Gasteiger partial charge is 0.481 e. The number of carbonyl (C=O) groups excluding carboxylic acids is 1. The molecule has 5 nitrogen and oxygen atoms in total. The molecule has 0 aromatic heterocycles. The van der Waals surface area contributed by atoms with Gasteiger partial charge in [0.2, 0.25) is 0 Å². The fraction of sp³-hybridized carbons (Fsp3) is 0.444. The van der Waals surface area contributed by atoms with Crippen LogP contribution in [0.15, 0.2) is 30.5 Å². The smallest absolute Gasteiger partial charge is 0.414 e. The van der Waals surface area contributed by atoms with Gasteiger partial charge in [-0.15, -0.1) is 0 Å². The number of rotatable bonds is 3. The van der Waals surface area contributed by atoms with Crippen molar-refractivity contribution in [1.82, 2.24) is 4.90 Å². The Morgan fingerprint density at radius 2 is 2.04 bits per heavy atom. The lowest BCUT2D eigenvalue weighted by atomic mass is 9.97. The Bertz CT molecular complexity index is 628. The molecule has 0 saturated carbocycles. The Morgan fingerprint density at radius 1 is 1.30 bits per heavy atom. The SMILES string of the molecule is CC(C)(C)OC(=O)N1C=C(c2cccc(CC(=O)O)c2)CCC1. The molecule has 2 rings (SSSR count). The summed E-state index contributed by atoms with van der Waals surface area (Å²) in [7, 11) is 0. The Kier molecular flexibility index (Phi) is 5.08. The second-order valence-electron chi connectivity index (χ2n) is 6.70. The van der Waals surface area contributed by atoms with Crippen LogP contribution in [0.5, 0.6) is 0 Å². The van der Waals surface area contributed by atoms with Crippen molar-refractivity contribution in [3.05, 3.63) is 41.6 Å². The van der Waals surface area contributed by atoms with Gasteiger partial charge >= 0.3 is 12.1 Å². The van der Waals surface area contributed by atoms with Crippen LogP contribution >= 0.6 is 0 Å². The van der Waals surface area contributed by atoms with E-state index in [2.05, 4.69) is 0 Å². The van der Waals surface area contributed by atoms with Gasteiger partial charge in [-0.25, -0.2) is 4.79 Å². The molecule has 1 aliphatic heterocycles. The third-order valence-electron chi connectivity index (χ3n) is 3.44. The summed E-state index contributed by atoms with van der Waals surface area (Å²) in [6.07, 6.45) is 3.18. The van der Waals surface area contributed by atoms with E-state index >= 15 is 0 Å². The van der Waals surface area contributed by atoms with E-state index in [1.165, 1.54) is 0 Å². The first kappa shape index (κ1) is 17.1. The Balaban J connectivity index is 2.19. The van der Waals surface area contributed by atoms with Crippen molar-refractivity contribution < 1.29 is 19.4 Å². The van der Waals surface area contributed by atoms with Gasteiger partial charge in [0, 0.05) is 12.7 Å². The second kappa shape index (κ2) is 6.86. The van der Waals surface area contributed by atoms with Crippen molar-refractivity contribution in [3.63, 3.8) is 0 Å². The van der Waals surface area contributed by atoms with Crippen LogP contribution in [0, 0.1) is 0 Å². The molecule has 0 unspecified atom stereocenters. The van der Waals surface area contributed by atoms with E-state index < -0.39 is 11.6 Å². The number of carboxylic acid groups (broad SMARTS) is 1. The summed E-state index contributed by atoms with van der Waals surface area (Å²) >= 11 is 0. The number of nitrogens with zero attached hydrogens (tertiary/aromatic N) is 1. The number of benzene rings is 1. The summed E-state index contributed by atoms with van der Waals surface area (Å²) in [5.74, 6) is -0.852. The molecule has 5 heteroatoms. The van der Waals surface area contributed by atoms with Crippen LogP contribution in [0.25, 0.3) is 5.57 Å². The highest BCUT2D eigenvalue weighted by Gasteiger charge is 2.23. The van der Waals surface area contributed by atoms with Crippen molar-refractivity contribution in [2.24, 2.45) is 0 Å². The van der Waals surface area contributed by atoms with E-state index in [1.54, 1.807) is 11.0 Å². The average molecular weight is 317 g/mol. The van der Waals surface area contributed by atoms with Crippen molar-refractivity contribution >= 4 is 17.6 Å². The Morgan fingerprint density at radius 3 is 2.70 bits per heavy atom. The van der Waals surface area contributed by atoms with Crippen molar-refractivity contribution in [2.75, 3.05) is 6.54 Å². The number of carboxylic acids is 1. The van der Waals surface area contributed by atoms with Crippen molar-refractivity contribution in [1.29, 1.82) is 0 Å². The fourth-order valence-electron chi connectivity index (χ4n) is 2.50. The van der Waals surface area contributed by atoms with Gasteiger partial charge in [0.05, 0.1) is 6.42 Å². The lowest BCUT2D eigenvalue weighted by Crippen LogP contribution is -2.35. The van der Waals surface area contributed by atoms with Crippen molar-refractivity contribution in [3.8, 4) is 0 Å². The summed E-state index contributed by atoms with van der Waals surface area (Å²) in [5, 5.41) is 8.91. The number of carbonyl (C=O) groups is 2. The van der Waals surface area contributed by atoms with Gasteiger partial charge in [-0.2, -0.15) is 0 Å². The molecule has 1 aromatic rings. The number of amides is 1. The highest BCUT2D eigenvalue weighted by atomic mass is 16.6. The molecule has 0 fully saturated rings. The Labute approximate surface area is 136 Å². The molecule has 0 radical (unpaired) electrons. The van der Waals surface area contributed by atoms with Crippen LogP contribution in [-0.2, 0) is 16.0 Å². The summed E-state index contributed by atoms with van der Waals surface area (Å²) in [5.41, 5.74) is 2.21. The normalized spacial score (nSPS) is 15.1. The van der Waals surface area contributed by atoms with E-state index in [9.17, 15) is 9.59 Å². The molecular weight excluding hydrogens is 294 g/mol. The summed E-state index contributed by atoms with van der Waals surface area (Å²) in [6.45, 7) is 6.16. The van der Waals surface area contributed by atoms with Crippen LogP contribution < -0.4 is 0 Å². The van der Waals surface area contributed by atoms with Gasteiger partial charge in [-0.05, 0) is 50.3 Å². The number of hydrogen-bond donors (Lipinski definition) is 1. The quantitative estimate of drug-likeness (QED) is 0.923. The summed E-state index contributed by atoms with van der Waals surface area (Å²) < 4.78 is 5.40. The number of ether oxygens (including phenoxy) is 1. The maximum absolute atomic E-state index is 12.2. The van der Waals surface area contributed by atoms with Crippen LogP contribution in [0.1, 0.15) is 44.7 Å². The standard InChI is InChI=1S/C18H23NO4/c1-18(2,3)23-17(22)19-9-5-8-15(12-19)14-7-4-6-13(10-14)11-16(20)21/h4,6-7,10,12H,5,8-9,11H2,1-3H3,(H,20,21). The molecule has 1 heterocycles. The van der Waals surface area contributed by atoms with Crippen LogP contribution in [0.4, 0.5) is 4.79 Å². The molecule has 1 N–H and O–H groups in total. The minimum atomic E-state index is -0.852. The predicted molar refractivity (Wildman–Crippen MR) is 87.9 cm³/mol. The first-order chi connectivity index (χ1) is 10.7. The first-order valence-electron chi connectivity index (χ1n) is 7.76. The highest BCUT2D eigenvalue weighted by molar-refractivity contribution is 5.76. The molecule has 0 bridgehead atoms. The van der Waals surface area contributed by atoms with E-state index in [-0.39, 0.29) is 12.5 Å². The first-order valence-corrected chi connectivity index (χ1v) is 7.76. The van der Waals surface area contributed by atoms with Crippen LogP contribution in [0.2, 0.25) is 0 Å². The van der Waals surface area contributed by atoms with Gasteiger partial charge in [-0.1, -0.05) is 24.3 Å². The van der Waals surface area contributed by atoms with E-state index in [0.29, 0.717) is 6.54 Å². The maximum Gasteiger partial charge on any atom is 0.414 e. The minimum Gasteiger partial charge on any atom is -0.481 e. The summed E-state index contributed by atoms with van der Waals surface area (Å²) in [4.78, 5) is 24.6. The molecule has 124 valence electrons.